The van der Waals surface area contributed by atoms with Gasteiger partial charge in [0.05, 0.1) is 16.7 Å². The molecule has 0 spiro atoms. The average molecular weight is 395 g/mol. The summed E-state index contributed by atoms with van der Waals surface area (Å²) >= 11 is 4.82. The van der Waals surface area contributed by atoms with Crippen molar-refractivity contribution >= 4 is 40.0 Å². The fourth-order valence-corrected chi connectivity index (χ4v) is 3.22. The second-order valence-electron chi connectivity index (χ2n) is 6.24. The smallest absolute Gasteiger partial charge is 0.164 e. The van der Waals surface area contributed by atoms with E-state index in [0.29, 0.717) is 28.8 Å². The molecule has 0 aliphatic rings. The first-order chi connectivity index (χ1) is 13.5. The molecular formula is C21H21N3O3S. The minimum absolute atomic E-state index is 0.0311. The Kier molecular flexibility index (Phi) is 5.65. The molecule has 0 bridgehead atoms. The summed E-state index contributed by atoms with van der Waals surface area (Å²) in [6.07, 6.45) is 0.596. The standard InChI is InChI=1S/C21H21N3O3S/c1-3-13-10-16(20(27)11-19(13)26)21(23-22-12-28)24(2)17-8-4-7-15-14(17)6-5-9-18(15)25/h4-12,25-27H,3H2,1-2H3,(H,22,28)/b23-21-. The number of phenols is 3. The summed E-state index contributed by atoms with van der Waals surface area (Å²) in [5.74, 6) is 0.520. The van der Waals surface area contributed by atoms with Gasteiger partial charge in [0.15, 0.2) is 5.84 Å². The van der Waals surface area contributed by atoms with Crippen molar-refractivity contribution < 1.29 is 15.3 Å². The first kappa shape index (κ1) is 19.4. The molecule has 0 heterocycles. The Morgan fingerprint density at radius 2 is 1.75 bits per heavy atom. The van der Waals surface area contributed by atoms with E-state index in [4.69, 9.17) is 12.2 Å². The molecule has 0 aromatic heterocycles. The van der Waals surface area contributed by atoms with Crippen molar-refractivity contribution in [1.82, 2.24) is 5.43 Å². The highest BCUT2D eigenvalue weighted by molar-refractivity contribution is 7.78. The van der Waals surface area contributed by atoms with Crippen molar-refractivity contribution in [1.29, 1.82) is 0 Å². The quantitative estimate of drug-likeness (QED) is 0.227. The summed E-state index contributed by atoms with van der Waals surface area (Å²) in [6, 6.07) is 13.9. The van der Waals surface area contributed by atoms with Gasteiger partial charge in [-0.25, -0.2) is 0 Å². The van der Waals surface area contributed by atoms with Crippen molar-refractivity contribution in [3.63, 3.8) is 0 Å². The predicted octanol–water partition coefficient (Wildman–Crippen LogP) is 3.86. The van der Waals surface area contributed by atoms with Crippen LogP contribution in [0.1, 0.15) is 18.1 Å². The lowest BCUT2D eigenvalue weighted by atomic mass is 10.0. The Bertz CT molecular complexity index is 1070. The SMILES string of the molecule is CCc1cc(/C(=N/NC=S)N(C)c2cccc3c(O)cccc23)c(O)cc1O. The van der Waals surface area contributed by atoms with Crippen LogP contribution in [0.25, 0.3) is 10.8 Å². The van der Waals surface area contributed by atoms with Gasteiger partial charge in [0.2, 0.25) is 0 Å². The van der Waals surface area contributed by atoms with Crippen molar-refractivity contribution in [2.24, 2.45) is 5.10 Å². The third kappa shape index (κ3) is 3.57. The number of aryl methyl sites for hydroxylation is 1. The fourth-order valence-electron chi connectivity index (χ4n) is 3.17. The van der Waals surface area contributed by atoms with Gasteiger partial charge in [0, 0.05) is 23.9 Å². The van der Waals surface area contributed by atoms with Crippen LogP contribution in [0.3, 0.4) is 0 Å². The molecule has 28 heavy (non-hydrogen) atoms. The highest BCUT2D eigenvalue weighted by atomic mass is 32.1. The number of aromatic hydroxyl groups is 3. The van der Waals surface area contributed by atoms with Crippen LogP contribution in [-0.2, 0) is 6.42 Å². The van der Waals surface area contributed by atoms with E-state index in [9.17, 15) is 15.3 Å². The van der Waals surface area contributed by atoms with Crippen LogP contribution in [0.15, 0.2) is 53.6 Å². The lowest BCUT2D eigenvalue weighted by molar-refractivity contribution is 0.445. The van der Waals surface area contributed by atoms with E-state index in [1.807, 2.05) is 31.2 Å². The maximum Gasteiger partial charge on any atom is 0.164 e. The number of fused-ring (bicyclic) bond motifs is 1. The molecule has 0 fully saturated rings. The first-order valence-corrected chi connectivity index (χ1v) is 9.21. The number of phenolic OH excluding ortho intramolecular Hbond substituents is 3. The predicted molar refractivity (Wildman–Crippen MR) is 116 cm³/mol. The first-order valence-electron chi connectivity index (χ1n) is 8.74. The Morgan fingerprint density at radius 3 is 2.46 bits per heavy atom. The van der Waals surface area contributed by atoms with E-state index >= 15 is 0 Å². The minimum atomic E-state index is -0.102. The molecule has 0 saturated carbocycles. The van der Waals surface area contributed by atoms with E-state index in [1.165, 1.54) is 11.6 Å². The molecule has 0 atom stereocenters. The number of amidine groups is 1. The van der Waals surface area contributed by atoms with Gasteiger partial charge in [-0.15, -0.1) is 0 Å². The number of nitrogens with one attached hydrogen (secondary N) is 1. The highest BCUT2D eigenvalue weighted by Gasteiger charge is 2.20. The summed E-state index contributed by atoms with van der Waals surface area (Å²) in [4.78, 5) is 1.79. The number of anilines is 1. The largest absolute Gasteiger partial charge is 0.508 e. The second-order valence-corrected chi connectivity index (χ2v) is 6.48. The van der Waals surface area contributed by atoms with Gasteiger partial charge < -0.3 is 20.2 Å². The Balaban J connectivity index is 2.20. The Hall–Kier alpha value is -3.32. The molecule has 4 N–H and O–H groups in total. The molecular weight excluding hydrogens is 374 g/mol. The number of rotatable bonds is 5. The molecule has 144 valence electrons. The van der Waals surface area contributed by atoms with Crippen LogP contribution >= 0.6 is 12.2 Å². The number of hydrazone groups is 1. The van der Waals surface area contributed by atoms with E-state index in [1.54, 1.807) is 30.1 Å². The fraction of sp³-hybridized carbons (Fsp3) is 0.143. The highest BCUT2D eigenvalue weighted by Crippen LogP contribution is 2.34. The van der Waals surface area contributed by atoms with Gasteiger partial charge in [-0.1, -0.05) is 43.4 Å². The molecule has 3 rings (SSSR count). The zero-order valence-corrected chi connectivity index (χ0v) is 16.4. The minimum Gasteiger partial charge on any atom is -0.508 e. The van der Waals surface area contributed by atoms with Crippen LogP contribution in [0, 0.1) is 0 Å². The van der Waals surface area contributed by atoms with E-state index in [2.05, 4.69) is 10.5 Å². The maximum absolute atomic E-state index is 10.5. The Labute approximate surface area is 168 Å². The Morgan fingerprint density at radius 1 is 1.04 bits per heavy atom. The van der Waals surface area contributed by atoms with Crippen molar-refractivity contribution in [2.45, 2.75) is 13.3 Å². The lowest BCUT2D eigenvalue weighted by Crippen LogP contribution is -2.29. The molecule has 6 nitrogen and oxygen atoms in total. The molecule has 3 aromatic rings. The van der Waals surface area contributed by atoms with Crippen molar-refractivity contribution in [2.75, 3.05) is 11.9 Å². The van der Waals surface area contributed by atoms with Gasteiger partial charge in [0.25, 0.3) is 0 Å². The lowest BCUT2D eigenvalue weighted by Gasteiger charge is -2.24. The van der Waals surface area contributed by atoms with Gasteiger partial charge in [-0.2, -0.15) is 5.10 Å². The third-order valence-electron chi connectivity index (χ3n) is 4.60. The second kappa shape index (κ2) is 8.14. The molecule has 0 aliphatic heterocycles. The molecule has 0 unspecified atom stereocenters. The third-order valence-corrected chi connectivity index (χ3v) is 4.70. The molecule has 3 aromatic carbocycles. The van der Waals surface area contributed by atoms with Gasteiger partial charge >= 0.3 is 0 Å². The molecule has 0 amide bonds. The van der Waals surface area contributed by atoms with Crippen LogP contribution in [-0.4, -0.2) is 33.7 Å². The van der Waals surface area contributed by atoms with Crippen LogP contribution in [0.5, 0.6) is 17.2 Å². The number of nitrogens with zero attached hydrogens (tertiary/aromatic N) is 2. The topological polar surface area (TPSA) is 88.3 Å². The number of thiocarbonyl (C=S) groups is 1. The maximum atomic E-state index is 10.5. The zero-order chi connectivity index (χ0) is 20.3. The normalized spacial score (nSPS) is 11.4. The molecule has 7 heteroatoms. The average Bonchev–Trinajstić information content (AvgIpc) is 2.69. The van der Waals surface area contributed by atoms with Crippen LogP contribution < -0.4 is 10.3 Å². The summed E-state index contributed by atoms with van der Waals surface area (Å²) in [7, 11) is 1.81. The summed E-state index contributed by atoms with van der Waals surface area (Å²) in [6.45, 7) is 1.92. The van der Waals surface area contributed by atoms with E-state index in [0.717, 1.165) is 11.1 Å². The van der Waals surface area contributed by atoms with Crippen LogP contribution in [0.4, 0.5) is 5.69 Å². The van der Waals surface area contributed by atoms with Gasteiger partial charge in [-0.05, 0) is 30.2 Å². The summed E-state index contributed by atoms with van der Waals surface area (Å²) in [5.41, 5.74) is 5.83. The van der Waals surface area contributed by atoms with Crippen molar-refractivity contribution in [3.05, 3.63) is 59.7 Å². The van der Waals surface area contributed by atoms with Crippen LogP contribution in [0.2, 0.25) is 0 Å². The monoisotopic (exact) mass is 395 g/mol. The molecule has 0 radical (unpaired) electrons. The summed E-state index contributed by atoms with van der Waals surface area (Å²) < 4.78 is 0. The summed E-state index contributed by atoms with van der Waals surface area (Å²) in [5, 5.41) is 36.5. The van der Waals surface area contributed by atoms with Gasteiger partial charge in [-0.3, -0.25) is 5.43 Å². The number of hydrogen-bond donors (Lipinski definition) is 4. The van der Waals surface area contributed by atoms with E-state index < -0.39 is 0 Å². The zero-order valence-electron chi connectivity index (χ0n) is 15.5. The number of benzene rings is 3. The van der Waals surface area contributed by atoms with E-state index in [-0.39, 0.29) is 17.2 Å². The molecule has 0 saturated heterocycles. The number of hydrogen-bond acceptors (Lipinski definition) is 5. The van der Waals surface area contributed by atoms with Gasteiger partial charge in [0.1, 0.15) is 17.2 Å². The van der Waals surface area contributed by atoms with Crippen molar-refractivity contribution in [3.8, 4) is 17.2 Å². The molecule has 0 aliphatic carbocycles.